The standard InChI is InChI=1S/C17H24ClN3O2/c1-2-9-21-10-7-15(8-11-21)20-17(23)19-12-16(22)13-3-5-14(18)6-4-13/h2-6,15-16,22H,1,7-12H2,(H2,19,20,23). The molecule has 23 heavy (non-hydrogen) atoms. The van der Waals surface area contributed by atoms with Crippen LogP contribution in [-0.4, -0.2) is 48.3 Å². The van der Waals surface area contributed by atoms with Crippen molar-refractivity contribution in [2.45, 2.75) is 25.0 Å². The number of aliphatic hydroxyl groups is 1. The molecular weight excluding hydrogens is 314 g/mol. The van der Waals surface area contributed by atoms with Crippen LogP contribution in [0.2, 0.25) is 5.02 Å². The second kappa shape index (κ2) is 8.91. The lowest BCUT2D eigenvalue weighted by molar-refractivity contribution is 0.169. The van der Waals surface area contributed by atoms with Crippen LogP contribution in [0.3, 0.4) is 0 Å². The Bertz CT molecular complexity index is 513. The fourth-order valence-electron chi connectivity index (χ4n) is 2.67. The molecule has 2 rings (SSSR count). The summed E-state index contributed by atoms with van der Waals surface area (Å²) in [7, 11) is 0. The summed E-state index contributed by atoms with van der Waals surface area (Å²) >= 11 is 5.81. The number of benzene rings is 1. The number of halogens is 1. The van der Waals surface area contributed by atoms with Crippen molar-refractivity contribution in [2.24, 2.45) is 0 Å². The SMILES string of the molecule is C=CCN1CCC(NC(=O)NCC(O)c2ccc(Cl)cc2)CC1. The Morgan fingerprint density at radius 1 is 1.39 bits per heavy atom. The Hall–Kier alpha value is -1.56. The predicted molar refractivity (Wildman–Crippen MR) is 92.6 cm³/mol. The molecule has 1 aliphatic rings. The average Bonchev–Trinajstić information content (AvgIpc) is 2.55. The third kappa shape index (κ3) is 5.86. The zero-order valence-corrected chi connectivity index (χ0v) is 13.9. The third-order valence-electron chi connectivity index (χ3n) is 4.02. The maximum Gasteiger partial charge on any atom is 0.315 e. The maximum absolute atomic E-state index is 11.9. The number of carbonyl (C=O) groups is 1. The zero-order valence-electron chi connectivity index (χ0n) is 13.2. The van der Waals surface area contributed by atoms with Crippen LogP contribution in [0.5, 0.6) is 0 Å². The van der Waals surface area contributed by atoms with E-state index in [0.29, 0.717) is 5.02 Å². The van der Waals surface area contributed by atoms with Crippen molar-refractivity contribution < 1.29 is 9.90 Å². The van der Waals surface area contributed by atoms with E-state index in [4.69, 9.17) is 11.6 Å². The molecule has 1 aromatic rings. The minimum Gasteiger partial charge on any atom is -0.387 e. The molecule has 1 aromatic carbocycles. The molecule has 1 fully saturated rings. The first-order chi connectivity index (χ1) is 11.1. The smallest absolute Gasteiger partial charge is 0.315 e. The molecule has 5 nitrogen and oxygen atoms in total. The van der Waals surface area contributed by atoms with Gasteiger partial charge in [-0.2, -0.15) is 0 Å². The summed E-state index contributed by atoms with van der Waals surface area (Å²) in [6, 6.07) is 6.89. The van der Waals surface area contributed by atoms with Gasteiger partial charge in [-0.3, -0.25) is 4.90 Å². The molecule has 3 N–H and O–H groups in total. The monoisotopic (exact) mass is 337 g/mol. The lowest BCUT2D eigenvalue weighted by atomic mass is 10.1. The van der Waals surface area contributed by atoms with Crippen LogP contribution in [-0.2, 0) is 0 Å². The van der Waals surface area contributed by atoms with Gasteiger partial charge >= 0.3 is 6.03 Å². The Morgan fingerprint density at radius 2 is 2.04 bits per heavy atom. The first-order valence-electron chi connectivity index (χ1n) is 7.89. The summed E-state index contributed by atoms with van der Waals surface area (Å²) in [5, 5.41) is 16.4. The summed E-state index contributed by atoms with van der Waals surface area (Å²) in [6.07, 6.45) is 3.02. The van der Waals surface area contributed by atoms with Gasteiger partial charge in [0.15, 0.2) is 0 Å². The van der Waals surface area contributed by atoms with Crippen LogP contribution in [0.25, 0.3) is 0 Å². The first kappa shape index (κ1) is 17.8. The fraction of sp³-hybridized carbons (Fsp3) is 0.471. The van der Waals surface area contributed by atoms with Crippen molar-refractivity contribution in [3.8, 4) is 0 Å². The molecule has 1 aliphatic heterocycles. The number of aliphatic hydroxyl groups excluding tert-OH is 1. The minimum atomic E-state index is -0.743. The van der Waals surface area contributed by atoms with Crippen molar-refractivity contribution in [3.05, 3.63) is 47.5 Å². The Balaban J connectivity index is 1.69. The molecule has 0 spiro atoms. The number of hydrogen-bond acceptors (Lipinski definition) is 3. The molecule has 126 valence electrons. The molecule has 6 heteroatoms. The van der Waals surface area contributed by atoms with E-state index in [0.717, 1.165) is 38.0 Å². The molecule has 1 atom stereocenters. The quantitative estimate of drug-likeness (QED) is 0.698. The van der Waals surface area contributed by atoms with Crippen LogP contribution in [0, 0.1) is 0 Å². The van der Waals surface area contributed by atoms with Gasteiger partial charge in [0.05, 0.1) is 6.10 Å². The number of rotatable bonds is 6. The van der Waals surface area contributed by atoms with E-state index >= 15 is 0 Å². The van der Waals surface area contributed by atoms with Crippen molar-refractivity contribution in [2.75, 3.05) is 26.2 Å². The fourth-order valence-corrected chi connectivity index (χ4v) is 2.80. The second-order valence-corrected chi connectivity index (χ2v) is 6.22. The van der Waals surface area contributed by atoms with E-state index in [9.17, 15) is 9.90 Å². The van der Waals surface area contributed by atoms with Gasteiger partial charge in [-0.25, -0.2) is 4.79 Å². The van der Waals surface area contributed by atoms with E-state index in [1.165, 1.54) is 0 Å². The molecule has 0 aliphatic carbocycles. The average molecular weight is 338 g/mol. The number of nitrogens with zero attached hydrogens (tertiary/aromatic N) is 1. The van der Waals surface area contributed by atoms with Crippen LogP contribution >= 0.6 is 11.6 Å². The number of piperidine rings is 1. The summed E-state index contributed by atoms with van der Waals surface area (Å²) in [5.41, 5.74) is 0.729. The van der Waals surface area contributed by atoms with Crippen molar-refractivity contribution in [1.82, 2.24) is 15.5 Å². The van der Waals surface area contributed by atoms with E-state index in [-0.39, 0.29) is 18.6 Å². The lowest BCUT2D eigenvalue weighted by Crippen LogP contribution is -2.48. The maximum atomic E-state index is 11.9. The molecular formula is C17H24ClN3O2. The van der Waals surface area contributed by atoms with Gasteiger partial charge in [-0.1, -0.05) is 29.8 Å². The van der Waals surface area contributed by atoms with E-state index in [1.807, 2.05) is 6.08 Å². The van der Waals surface area contributed by atoms with E-state index < -0.39 is 6.10 Å². The van der Waals surface area contributed by atoms with Gasteiger partial charge in [0.25, 0.3) is 0 Å². The largest absolute Gasteiger partial charge is 0.387 e. The van der Waals surface area contributed by atoms with Crippen LogP contribution in [0.15, 0.2) is 36.9 Å². The van der Waals surface area contributed by atoms with Gasteiger partial charge in [0, 0.05) is 37.2 Å². The number of hydrogen-bond donors (Lipinski definition) is 3. The minimum absolute atomic E-state index is 0.169. The summed E-state index contributed by atoms with van der Waals surface area (Å²) < 4.78 is 0. The molecule has 0 aromatic heterocycles. The summed E-state index contributed by atoms with van der Waals surface area (Å²) in [6.45, 7) is 6.73. The third-order valence-corrected chi connectivity index (χ3v) is 4.27. The number of carbonyl (C=O) groups excluding carboxylic acids is 1. The second-order valence-electron chi connectivity index (χ2n) is 5.79. The topological polar surface area (TPSA) is 64.6 Å². The Morgan fingerprint density at radius 3 is 2.65 bits per heavy atom. The number of urea groups is 1. The molecule has 1 heterocycles. The molecule has 2 amide bonds. The van der Waals surface area contributed by atoms with Crippen molar-refractivity contribution in [3.63, 3.8) is 0 Å². The van der Waals surface area contributed by atoms with Gasteiger partial charge in [0.1, 0.15) is 0 Å². The highest BCUT2D eigenvalue weighted by molar-refractivity contribution is 6.30. The lowest BCUT2D eigenvalue weighted by Gasteiger charge is -2.31. The predicted octanol–water partition coefficient (Wildman–Crippen LogP) is 2.32. The highest BCUT2D eigenvalue weighted by atomic mass is 35.5. The highest BCUT2D eigenvalue weighted by Gasteiger charge is 2.20. The molecule has 0 bridgehead atoms. The molecule has 0 saturated carbocycles. The van der Waals surface area contributed by atoms with Crippen LogP contribution < -0.4 is 10.6 Å². The molecule has 0 radical (unpaired) electrons. The molecule has 1 saturated heterocycles. The number of nitrogens with one attached hydrogen (secondary N) is 2. The summed E-state index contributed by atoms with van der Waals surface area (Å²) in [5.74, 6) is 0. The van der Waals surface area contributed by atoms with Crippen molar-refractivity contribution in [1.29, 1.82) is 0 Å². The number of likely N-dealkylation sites (tertiary alicyclic amines) is 1. The van der Waals surface area contributed by atoms with E-state index in [2.05, 4.69) is 22.1 Å². The Labute approximate surface area is 142 Å². The van der Waals surface area contributed by atoms with Crippen LogP contribution in [0.1, 0.15) is 24.5 Å². The Kier molecular flexibility index (Phi) is 6.89. The first-order valence-corrected chi connectivity index (χ1v) is 8.27. The van der Waals surface area contributed by atoms with Gasteiger partial charge in [-0.05, 0) is 30.5 Å². The highest BCUT2D eigenvalue weighted by Crippen LogP contribution is 2.15. The van der Waals surface area contributed by atoms with Crippen molar-refractivity contribution >= 4 is 17.6 Å². The number of amides is 2. The van der Waals surface area contributed by atoms with Gasteiger partial charge < -0.3 is 15.7 Å². The molecule has 1 unspecified atom stereocenters. The van der Waals surface area contributed by atoms with Gasteiger partial charge in [-0.15, -0.1) is 6.58 Å². The zero-order chi connectivity index (χ0) is 16.7. The van der Waals surface area contributed by atoms with Gasteiger partial charge in [0.2, 0.25) is 0 Å². The van der Waals surface area contributed by atoms with Crippen LogP contribution in [0.4, 0.5) is 4.79 Å². The summed E-state index contributed by atoms with van der Waals surface area (Å²) in [4.78, 5) is 14.2. The van der Waals surface area contributed by atoms with E-state index in [1.54, 1.807) is 24.3 Å². The normalized spacial score (nSPS) is 17.5.